The van der Waals surface area contributed by atoms with Gasteiger partial charge >= 0.3 is 17.9 Å². The summed E-state index contributed by atoms with van der Waals surface area (Å²) in [5, 5.41) is 0. The fourth-order valence-electron chi connectivity index (χ4n) is 10.8. The minimum atomic E-state index is -0.772. The van der Waals surface area contributed by atoms with E-state index >= 15 is 0 Å². The molecule has 0 aliphatic carbocycles. The molecule has 0 fully saturated rings. The predicted molar refractivity (Wildman–Crippen MR) is 340 cm³/mol. The normalized spacial score (nSPS) is 12.1. The fourth-order valence-corrected chi connectivity index (χ4v) is 10.8. The number of esters is 3. The summed E-state index contributed by atoms with van der Waals surface area (Å²) >= 11 is 0. The standard InChI is InChI=1S/C72H136O6/c1-4-7-10-13-16-19-22-25-27-29-30-31-32-33-34-35-36-37-38-39-40-41-42-43-45-47-50-53-56-59-62-65-71(74)77-68-69(67-76-70(73)64-61-58-55-52-49-46-24-21-18-15-12-9-6-3)78-72(75)66-63-60-57-54-51-48-44-28-26-23-20-17-14-11-8-5-2/h28-30,44,69H,4-27,31-43,45-68H2,1-3H3/b30-29-,44-28-. The SMILES string of the molecule is CCCCCCCCC/C=C\CCCCCCCC(=O)OC(COC(=O)CCCCCCCCCCCCCCC)COC(=O)CCCCCCCCCCCCCCCCCCCCC/C=C\CCCCCCCCCC. The average molecular weight is 1100 g/mol. The molecule has 1 unspecified atom stereocenters. The zero-order valence-electron chi connectivity index (χ0n) is 53.0. The highest BCUT2D eigenvalue weighted by atomic mass is 16.6. The molecule has 0 aliphatic heterocycles. The topological polar surface area (TPSA) is 78.9 Å². The smallest absolute Gasteiger partial charge is 0.306 e. The summed E-state index contributed by atoms with van der Waals surface area (Å²) in [6.45, 7) is 6.70. The first kappa shape index (κ1) is 75.9. The summed E-state index contributed by atoms with van der Waals surface area (Å²) < 4.78 is 17.0. The molecule has 0 aromatic carbocycles. The van der Waals surface area contributed by atoms with Crippen LogP contribution in [0.15, 0.2) is 24.3 Å². The molecule has 0 saturated carbocycles. The second-order valence-electron chi connectivity index (χ2n) is 24.1. The Bertz CT molecular complexity index is 1260. The number of rotatable bonds is 66. The zero-order chi connectivity index (χ0) is 56.4. The Morgan fingerprint density at radius 3 is 0.641 bits per heavy atom. The molecule has 0 aliphatic rings. The summed E-state index contributed by atoms with van der Waals surface area (Å²) in [6.07, 6.45) is 82.2. The molecular formula is C72H136O6. The van der Waals surface area contributed by atoms with Crippen molar-refractivity contribution >= 4 is 17.9 Å². The molecule has 0 aromatic rings. The molecule has 0 radical (unpaired) electrons. The largest absolute Gasteiger partial charge is 0.462 e. The third-order valence-electron chi connectivity index (χ3n) is 16.2. The van der Waals surface area contributed by atoms with Crippen molar-refractivity contribution in [2.24, 2.45) is 0 Å². The van der Waals surface area contributed by atoms with E-state index in [1.165, 1.54) is 295 Å². The van der Waals surface area contributed by atoms with E-state index in [-0.39, 0.29) is 31.1 Å². The van der Waals surface area contributed by atoms with Crippen LogP contribution in [0.3, 0.4) is 0 Å². The molecule has 0 bridgehead atoms. The van der Waals surface area contributed by atoms with Crippen molar-refractivity contribution in [1.29, 1.82) is 0 Å². The van der Waals surface area contributed by atoms with E-state index in [0.717, 1.165) is 64.2 Å². The number of hydrogen-bond donors (Lipinski definition) is 0. The van der Waals surface area contributed by atoms with Gasteiger partial charge in [0.15, 0.2) is 6.10 Å². The Balaban J connectivity index is 4.12. The van der Waals surface area contributed by atoms with E-state index in [4.69, 9.17) is 14.2 Å². The number of carbonyl (C=O) groups is 3. The Morgan fingerprint density at radius 2 is 0.423 bits per heavy atom. The maximum absolute atomic E-state index is 12.9. The molecule has 460 valence electrons. The van der Waals surface area contributed by atoms with Gasteiger partial charge in [-0.2, -0.15) is 0 Å². The second kappa shape index (κ2) is 67.4. The number of allylic oxidation sites excluding steroid dienone is 4. The number of unbranched alkanes of at least 4 members (excludes halogenated alkanes) is 51. The lowest BCUT2D eigenvalue weighted by Crippen LogP contribution is -2.30. The third kappa shape index (κ3) is 64.7. The molecule has 78 heavy (non-hydrogen) atoms. The number of hydrogen-bond acceptors (Lipinski definition) is 6. The van der Waals surface area contributed by atoms with Gasteiger partial charge in [0.25, 0.3) is 0 Å². The van der Waals surface area contributed by atoms with Crippen LogP contribution in [0.2, 0.25) is 0 Å². The first-order chi connectivity index (χ1) is 38.5. The minimum Gasteiger partial charge on any atom is -0.462 e. The van der Waals surface area contributed by atoms with E-state index < -0.39 is 6.10 Å². The fraction of sp³-hybridized carbons (Fsp3) is 0.903. The van der Waals surface area contributed by atoms with Crippen LogP contribution in [0.5, 0.6) is 0 Å². The van der Waals surface area contributed by atoms with Crippen LogP contribution in [0.1, 0.15) is 400 Å². The number of carbonyl (C=O) groups excluding carboxylic acids is 3. The molecular weight excluding hydrogens is 961 g/mol. The highest BCUT2D eigenvalue weighted by Gasteiger charge is 2.19. The molecule has 0 rings (SSSR count). The van der Waals surface area contributed by atoms with Crippen LogP contribution in [-0.4, -0.2) is 37.2 Å². The van der Waals surface area contributed by atoms with Crippen molar-refractivity contribution in [2.45, 2.75) is 406 Å². The third-order valence-corrected chi connectivity index (χ3v) is 16.2. The van der Waals surface area contributed by atoms with Crippen LogP contribution in [0.25, 0.3) is 0 Å². The second-order valence-corrected chi connectivity index (χ2v) is 24.1. The van der Waals surface area contributed by atoms with E-state index in [9.17, 15) is 14.4 Å². The minimum absolute atomic E-state index is 0.0683. The average Bonchev–Trinajstić information content (AvgIpc) is 3.44. The predicted octanol–water partition coefficient (Wildman–Crippen LogP) is 24.2. The molecule has 0 amide bonds. The molecule has 6 heteroatoms. The van der Waals surface area contributed by atoms with Crippen LogP contribution in [0.4, 0.5) is 0 Å². The quantitative estimate of drug-likeness (QED) is 0.0261. The van der Waals surface area contributed by atoms with Crippen molar-refractivity contribution < 1.29 is 28.6 Å². The Labute approximate surface area is 487 Å². The van der Waals surface area contributed by atoms with Crippen LogP contribution >= 0.6 is 0 Å². The lowest BCUT2D eigenvalue weighted by atomic mass is 10.0. The van der Waals surface area contributed by atoms with E-state index in [1.807, 2.05) is 0 Å². The monoisotopic (exact) mass is 1100 g/mol. The van der Waals surface area contributed by atoms with E-state index in [2.05, 4.69) is 45.1 Å². The Kier molecular flexibility index (Phi) is 65.6. The highest BCUT2D eigenvalue weighted by Crippen LogP contribution is 2.18. The lowest BCUT2D eigenvalue weighted by Gasteiger charge is -2.18. The first-order valence-corrected chi connectivity index (χ1v) is 35.3. The molecule has 1 atom stereocenters. The van der Waals surface area contributed by atoms with Gasteiger partial charge in [0, 0.05) is 19.3 Å². The van der Waals surface area contributed by atoms with Crippen LogP contribution in [0, 0.1) is 0 Å². The Morgan fingerprint density at radius 1 is 0.244 bits per heavy atom. The van der Waals surface area contributed by atoms with Crippen molar-refractivity contribution in [3.63, 3.8) is 0 Å². The van der Waals surface area contributed by atoms with Crippen LogP contribution < -0.4 is 0 Å². The van der Waals surface area contributed by atoms with Crippen molar-refractivity contribution in [2.75, 3.05) is 13.2 Å². The summed E-state index contributed by atoms with van der Waals surface area (Å²) in [5.41, 5.74) is 0. The van der Waals surface area contributed by atoms with Gasteiger partial charge in [0.2, 0.25) is 0 Å². The summed E-state index contributed by atoms with van der Waals surface area (Å²) in [6, 6.07) is 0. The van der Waals surface area contributed by atoms with E-state index in [1.54, 1.807) is 0 Å². The summed E-state index contributed by atoms with van der Waals surface area (Å²) in [5.74, 6) is -0.847. The van der Waals surface area contributed by atoms with Gasteiger partial charge in [-0.15, -0.1) is 0 Å². The molecule has 0 heterocycles. The molecule has 0 N–H and O–H groups in total. The van der Waals surface area contributed by atoms with Crippen molar-refractivity contribution in [3.8, 4) is 0 Å². The summed E-state index contributed by atoms with van der Waals surface area (Å²) in [4.78, 5) is 38.3. The van der Waals surface area contributed by atoms with Gasteiger partial charge in [-0.1, -0.05) is 334 Å². The highest BCUT2D eigenvalue weighted by molar-refractivity contribution is 5.71. The van der Waals surface area contributed by atoms with Gasteiger partial charge in [-0.05, 0) is 70.6 Å². The molecule has 0 saturated heterocycles. The van der Waals surface area contributed by atoms with Gasteiger partial charge in [-0.25, -0.2) is 0 Å². The Hall–Kier alpha value is -2.11. The number of ether oxygens (including phenoxy) is 3. The summed E-state index contributed by atoms with van der Waals surface area (Å²) in [7, 11) is 0. The van der Waals surface area contributed by atoms with Gasteiger partial charge in [0.1, 0.15) is 13.2 Å². The van der Waals surface area contributed by atoms with Gasteiger partial charge in [0.05, 0.1) is 0 Å². The molecule has 0 spiro atoms. The van der Waals surface area contributed by atoms with Crippen LogP contribution in [-0.2, 0) is 28.6 Å². The lowest BCUT2D eigenvalue weighted by molar-refractivity contribution is -0.167. The molecule has 0 aromatic heterocycles. The van der Waals surface area contributed by atoms with Crippen molar-refractivity contribution in [1.82, 2.24) is 0 Å². The molecule has 6 nitrogen and oxygen atoms in total. The first-order valence-electron chi connectivity index (χ1n) is 35.3. The maximum atomic E-state index is 12.9. The van der Waals surface area contributed by atoms with Gasteiger partial charge < -0.3 is 14.2 Å². The zero-order valence-corrected chi connectivity index (χ0v) is 53.0. The van der Waals surface area contributed by atoms with E-state index in [0.29, 0.717) is 19.3 Å². The van der Waals surface area contributed by atoms with Crippen molar-refractivity contribution in [3.05, 3.63) is 24.3 Å². The van der Waals surface area contributed by atoms with Gasteiger partial charge in [-0.3, -0.25) is 14.4 Å². The maximum Gasteiger partial charge on any atom is 0.306 e.